The van der Waals surface area contributed by atoms with Gasteiger partial charge in [-0.15, -0.1) is 0 Å². The molecule has 3 unspecified atom stereocenters. The second-order valence-corrected chi connectivity index (χ2v) is 5.81. The molecule has 3 heteroatoms. The van der Waals surface area contributed by atoms with Gasteiger partial charge in [0.25, 0.3) is 0 Å². The molecule has 0 aromatic heterocycles. The minimum Gasteiger partial charge on any atom is -0.497 e. The fourth-order valence-electron chi connectivity index (χ4n) is 3.72. The maximum absolute atomic E-state index is 5.86. The molecule has 0 amide bonds. The highest BCUT2D eigenvalue weighted by Gasteiger charge is 2.38. The molecule has 0 heterocycles. The molecule has 2 fully saturated rings. The standard InChI is InChI=1S/C15H22N2O/c1-18-15-7-13(16)6-14(8-15)17-9-12-5-10-2-3-11(12)4-10/h6-8,10-12,17H,2-5,9,16H2,1H3. The van der Waals surface area contributed by atoms with E-state index in [1.54, 1.807) is 7.11 Å². The summed E-state index contributed by atoms with van der Waals surface area (Å²) < 4.78 is 5.24. The molecule has 3 atom stereocenters. The Hall–Kier alpha value is -1.38. The van der Waals surface area contributed by atoms with Crippen LogP contribution in [-0.4, -0.2) is 13.7 Å². The average Bonchev–Trinajstić information content (AvgIpc) is 2.97. The highest BCUT2D eigenvalue weighted by Crippen LogP contribution is 2.48. The van der Waals surface area contributed by atoms with Crippen LogP contribution in [0, 0.1) is 17.8 Å². The Morgan fingerprint density at radius 3 is 2.83 bits per heavy atom. The van der Waals surface area contributed by atoms with E-state index in [1.165, 1.54) is 25.7 Å². The molecule has 0 aliphatic heterocycles. The van der Waals surface area contributed by atoms with Gasteiger partial charge >= 0.3 is 0 Å². The number of methoxy groups -OCH3 is 1. The summed E-state index contributed by atoms with van der Waals surface area (Å²) >= 11 is 0. The minimum atomic E-state index is 0.754. The van der Waals surface area contributed by atoms with Crippen LogP contribution < -0.4 is 15.8 Å². The van der Waals surface area contributed by atoms with E-state index in [0.717, 1.165) is 41.4 Å². The number of hydrogen-bond acceptors (Lipinski definition) is 3. The fraction of sp³-hybridized carbons (Fsp3) is 0.600. The molecular formula is C15H22N2O. The predicted molar refractivity (Wildman–Crippen MR) is 74.8 cm³/mol. The van der Waals surface area contributed by atoms with Crippen molar-refractivity contribution in [2.24, 2.45) is 17.8 Å². The van der Waals surface area contributed by atoms with Gasteiger partial charge in [0, 0.05) is 30.1 Å². The molecule has 2 aliphatic carbocycles. The summed E-state index contributed by atoms with van der Waals surface area (Å²) in [5, 5.41) is 3.53. The Labute approximate surface area is 109 Å². The number of benzene rings is 1. The zero-order chi connectivity index (χ0) is 12.5. The summed E-state index contributed by atoms with van der Waals surface area (Å²) in [6.07, 6.45) is 5.79. The van der Waals surface area contributed by atoms with Gasteiger partial charge < -0.3 is 15.8 Å². The first-order valence-corrected chi connectivity index (χ1v) is 6.93. The predicted octanol–water partition coefficient (Wildman–Crippen LogP) is 3.13. The Balaban J connectivity index is 1.61. The van der Waals surface area contributed by atoms with E-state index in [1.807, 2.05) is 18.2 Å². The van der Waals surface area contributed by atoms with E-state index in [9.17, 15) is 0 Å². The summed E-state index contributed by atoms with van der Waals surface area (Å²) in [6, 6.07) is 5.85. The van der Waals surface area contributed by atoms with Crippen molar-refractivity contribution in [3.05, 3.63) is 18.2 Å². The first kappa shape index (κ1) is 11.7. The second-order valence-electron chi connectivity index (χ2n) is 5.81. The summed E-state index contributed by atoms with van der Waals surface area (Å²) in [4.78, 5) is 0. The van der Waals surface area contributed by atoms with Gasteiger partial charge in [0.2, 0.25) is 0 Å². The quantitative estimate of drug-likeness (QED) is 0.802. The topological polar surface area (TPSA) is 47.3 Å². The van der Waals surface area contributed by atoms with Gasteiger partial charge in [-0.25, -0.2) is 0 Å². The molecule has 3 nitrogen and oxygen atoms in total. The lowest BCUT2D eigenvalue weighted by Gasteiger charge is -2.22. The molecule has 3 rings (SSSR count). The third-order valence-electron chi connectivity index (χ3n) is 4.62. The normalized spacial score (nSPS) is 29.5. The molecular weight excluding hydrogens is 224 g/mol. The Morgan fingerprint density at radius 2 is 2.17 bits per heavy atom. The lowest BCUT2D eigenvalue weighted by Crippen LogP contribution is -2.20. The van der Waals surface area contributed by atoms with Crippen LogP contribution in [0.5, 0.6) is 5.75 Å². The number of nitrogens with two attached hydrogens (primary N) is 1. The molecule has 2 aliphatic rings. The van der Waals surface area contributed by atoms with Crippen LogP contribution in [0.3, 0.4) is 0 Å². The van der Waals surface area contributed by atoms with Crippen LogP contribution >= 0.6 is 0 Å². The molecule has 1 aromatic carbocycles. The van der Waals surface area contributed by atoms with E-state index in [0.29, 0.717) is 0 Å². The van der Waals surface area contributed by atoms with E-state index >= 15 is 0 Å². The summed E-state index contributed by atoms with van der Waals surface area (Å²) in [7, 11) is 1.68. The number of hydrogen-bond donors (Lipinski definition) is 2. The molecule has 98 valence electrons. The highest BCUT2D eigenvalue weighted by molar-refractivity contribution is 5.59. The van der Waals surface area contributed by atoms with Gasteiger partial charge in [-0.2, -0.15) is 0 Å². The van der Waals surface area contributed by atoms with Gasteiger partial charge in [-0.05, 0) is 43.1 Å². The van der Waals surface area contributed by atoms with E-state index < -0.39 is 0 Å². The van der Waals surface area contributed by atoms with Gasteiger partial charge in [0.1, 0.15) is 5.75 Å². The van der Waals surface area contributed by atoms with Crippen molar-refractivity contribution in [1.82, 2.24) is 0 Å². The van der Waals surface area contributed by atoms with E-state index in [2.05, 4.69) is 5.32 Å². The zero-order valence-corrected chi connectivity index (χ0v) is 11.0. The third kappa shape index (κ3) is 2.26. The number of ether oxygens (including phenoxy) is 1. The van der Waals surface area contributed by atoms with Crippen molar-refractivity contribution >= 4 is 11.4 Å². The van der Waals surface area contributed by atoms with Gasteiger partial charge in [-0.1, -0.05) is 6.42 Å². The number of anilines is 2. The number of nitrogens with one attached hydrogen (secondary N) is 1. The lowest BCUT2D eigenvalue weighted by atomic mass is 9.89. The van der Waals surface area contributed by atoms with Crippen LogP contribution in [-0.2, 0) is 0 Å². The maximum Gasteiger partial charge on any atom is 0.122 e. The summed E-state index contributed by atoms with van der Waals surface area (Å²) in [5.74, 6) is 3.66. The van der Waals surface area contributed by atoms with E-state index in [4.69, 9.17) is 10.5 Å². The molecule has 0 spiro atoms. The highest BCUT2D eigenvalue weighted by atomic mass is 16.5. The zero-order valence-electron chi connectivity index (χ0n) is 11.0. The van der Waals surface area contributed by atoms with Crippen LogP contribution in [0.15, 0.2) is 18.2 Å². The number of nitrogen functional groups attached to an aromatic ring is 1. The monoisotopic (exact) mass is 246 g/mol. The van der Waals surface area contributed by atoms with Crippen molar-refractivity contribution in [2.75, 3.05) is 24.7 Å². The van der Waals surface area contributed by atoms with Crippen LogP contribution in [0.1, 0.15) is 25.7 Å². The van der Waals surface area contributed by atoms with Crippen molar-refractivity contribution in [1.29, 1.82) is 0 Å². The lowest BCUT2D eigenvalue weighted by molar-refractivity contribution is 0.348. The fourth-order valence-corrected chi connectivity index (χ4v) is 3.72. The van der Waals surface area contributed by atoms with Gasteiger partial charge in [0.15, 0.2) is 0 Å². The minimum absolute atomic E-state index is 0.754. The second kappa shape index (κ2) is 4.71. The molecule has 2 saturated carbocycles. The van der Waals surface area contributed by atoms with Crippen LogP contribution in [0.25, 0.3) is 0 Å². The van der Waals surface area contributed by atoms with E-state index in [-0.39, 0.29) is 0 Å². The largest absolute Gasteiger partial charge is 0.497 e. The number of rotatable bonds is 4. The summed E-state index contributed by atoms with van der Waals surface area (Å²) in [6.45, 7) is 1.08. The smallest absolute Gasteiger partial charge is 0.122 e. The third-order valence-corrected chi connectivity index (χ3v) is 4.62. The SMILES string of the molecule is COc1cc(N)cc(NCC2CC3CCC2C3)c1. The van der Waals surface area contributed by atoms with Crippen molar-refractivity contribution in [2.45, 2.75) is 25.7 Å². The molecule has 0 saturated heterocycles. The first-order chi connectivity index (χ1) is 8.74. The van der Waals surface area contributed by atoms with Crippen molar-refractivity contribution in [3.63, 3.8) is 0 Å². The Bertz CT molecular complexity index is 433. The average molecular weight is 246 g/mol. The van der Waals surface area contributed by atoms with Crippen LogP contribution in [0.2, 0.25) is 0 Å². The molecule has 3 N–H and O–H groups in total. The Morgan fingerprint density at radius 1 is 1.28 bits per heavy atom. The van der Waals surface area contributed by atoms with Crippen molar-refractivity contribution in [3.8, 4) is 5.75 Å². The molecule has 18 heavy (non-hydrogen) atoms. The Kier molecular flexibility index (Phi) is 3.06. The number of fused-ring (bicyclic) bond motifs is 2. The van der Waals surface area contributed by atoms with Crippen LogP contribution in [0.4, 0.5) is 11.4 Å². The molecule has 1 aromatic rings. The van der Waals surface area contributed by atoms with Crippen molar-refractivity contribution < 1.29 is 4.74 Å². The van der Waals surface area contributed by atoms with Gasteiger partial charge in [0.05, 0.1) is 7.11 Å². The first-order valence-electron chi connectivity index (χ1n) is 6.93. The maximum atomic E-state index is 5.86. The molecule has 2 bridgehead atoms. The molecule has 0 radical (unpaired) electrons. The van der Waals surface area contributed by atoms with Gasteiger partial charge in [-0.3, -0.25) is 0 Å². The summed E-state index contributed by atoms with van der Waals surface area (Å²) in [5.41, 5.74) is 7.69.